The van der Waals surface area contributed by atoms with Gasteiger partial charge in [-0.15, -0.1) is 11.3 Å². The van der Waals surface area contributed by atoms with Crippen molar-refractivity contribution in [2.24, 2.45) is 0 Å². The monoisotopic (exact) mass is 240 g/mol. The molecular weight excluding hydrogens is 220 g/mol. The molecule has 0 bridgehead atoms. The average molecular weight is 240 g/mol. The van der Waals surface area contributed by atoms with E-state index in [4.69, 9.17) is 4.74 Å². The maximum atomic E-state index is 5.73. The Balaban J connectivity index is 1.65. The summed E-state index contributed by atoms with van der Waals surface area (Å²) < 4.78 is 5.73. The summed E-state index contributed by atoms with van der Waals surface area (Å²) in [5.41, 5.74) is 0. The summed E-state index contributed by atoms with van der Waals surface area (Å²) in [5, 5.41) is 5.58. The van der Waals surface area contributed by atoms with Crippen molar-refractivity contribution in [2.75, 3.05) is 32.8 Å². The lowest BCUT2D eigenvalue weighted by Crippen LogP contribution is -2.46. The Morgan fingerprint density at radius 3 is 3.31 bits per heavy atom. The molecule has 3 nitrogen and oxygen atoms in total. The summed E-state index contributed by atoms with van der Waals surface area (Å²) in [7, 11) is 0. The van der Waals surface area contributed by atoms with Gasteiger partial charge in [0.2, 0.25) is 0 Å². The van der Waals surface area contributed by atoms with Gasteiger partial charge in [-0.3, -0.25) is 4.90 Å². The van der Waals surface area contributed by atoms with Crippen molar-refractivity contribution < 1.29 is 4.74 Å². The topological polar surface area (TPSA) is 24.5 Å². The molecule has 4 heteroatoms. The fourth-order valence-electron chi connectivity index (χ4n) is 1.96. The molecule has 16 heavy (non-hydrogen) atoms. The van der Waals surface area contributed by atoms with Crippen molar-refractivity contribution in [3.63, 3.8) is 0 Å². The van der Waals surface area contributed by atoms with E-state index in [9.17, 15) is 0 Å². The van der Waals surface area contributed by atoms with Crippen LogP contribution in [0.3, 0.4) is 0 Å². The van der Waals surface area contributed by atoms with Crippen LogP contribution in [0.1, 0.15) is 11.8 Å². The average Bonchev–Trinajstić information content (AvgIpc) is 2.82. The number of nitrogens with one attached hydrogen (secondary N) is 1. The number of hydrogen-bond acceptors (Lipinski definition) is 4. The summed E-state index contributed by atoms with van der Waals surface area (Å²) in [6.45, 7) is 8.27. The van der Waals surface area contributed by atoms with Crippen LogP contribution in [0.2, 0.25) is 0 Å². The molecule has 1 atom stereocenters. The lowest BCUT2D eigenvalue weighted by molar-refractivity contribution is -0.0253. The minimum Gasteiger partial charge on any atom is -0.374 e. The van der Waals surface area contributed by atoms with Crippen molar-refractivity contribution in [2.45, 2.75) is 19.6 Å². The van der Waals surface area contributed by atoms with Crippen LogP contribution in [0.4, 0.5) is 0 Å². The molecule has 2 heterocycles. The van der Waals surface area contributed by atoms with E-state index >= 15 is 0 Å². The molecule has 1 aromatic heterocycles. The zero-order chi connectivity index (χ0) is 11.2. The highest BCUT2D eigenvalue weighted by Gasteiger charge is 2.18. The van der Waals surface area contributed by atoms with Crippen LogP contribution in [-0.2, 0) is 11.3 Å². The number of hydrogen-bond donors (Lipinski definition) is 1. The number of nitrogens with zero attached hydrogens (tertiary/aromatic N) is 1. The molecule has 1 N–H and O–H groups in total. The van der Waals surface area contributed by atoms with E-state index in [-0.39, 0.29) is 0 Å². The lowest BCUT2D eigenvalue weighted by Gasteiger charge is -2.32. The Labute approximate surface area is 101 Å². The lowest BCUT2D eigenvalue weighted by atomic mass is 10.2. The van der Waals surface area contributed by atoms with Gasteiger partial charge in [0, 0.05) is 31.1 Å². The molecule has 0 amide bonds. The Morgan fingerprint density at radius 2 is 2.56 bits per heavy atom. The summed E-state index contributed by atoms with van der Waals surface area (Å²) in [6, 6.07) is 4.26. The summed E-state index contributed by atoms with van der Waals surface area (Å²) in [6.07, 6.45) is 0.355. The Morgan fingerprint density at radius 1 is 1.62 bits per heavy atom. The molecule has 1 unspecified atom stereocenters. The van der Waals surface area contributed by atoms with Gasteiger partial charge in [-0.05, 0) is 18.0 Å². The molecule has 1 aromatic rings. The standard InChI is InChI=1S/C12H20N2OS/c1-2-14-5-6-15-11(10-14)8-13-9-12-4-3-7-16-12/h3-4,7,11,13H,2,5-6,8-10H2,1H3. The van der Waals surface area contributed by atoms with Crippen molar-refractivity contribution in [1.82, 2.24) is 10.2 Å². The first kappa shape index (κ1) is 12.0. The number of ether oxygens (including phenoxy) is 1. The van der Waals surface area contributed by atoms with Crippen LogP contribution in [0, 0.1) is 0 Å². The van der Waals surface area contributed by atoms with Gasteiger partial charge in [-0.1, -0.05) is 13.0 Å². The maximum Gasteiger partial charge on any atom is 0.0826 e. The number of thiophene rings is 1. The Hall–Kier alpha value is -0.420. The highest BCUT2D eigenvalue weighted by atomic mass is 32.1. The van der Waals surface area contributed by atoms with Gasteiger partial charge in [0.15, 0.2) is 0 Å². The third kappa shape index (κ3) is 3.56. The molecule has 1 fully saturated rings. The highest BCUT2D eigenvalue weighted by Crippen LogP contribution is 2.08. The van der Waals surface area contributed by atoms with Crippen LogP contribution in [0.15, 0.2) is 17.5 Å². The van der Waals surface area contributed by atoms with E-state index in [1.54, 1.807) is 11.3 Å². The third-order valence-corrected chi connectivity index (χ3v) is 3.80. The minimum atomic E-state index is 0.355. The smallest absolute Gasteiger partial charge is 0.0826 e. The first-order valence-corrected chi connectivity index (χ1v) is 6.83. The molecule has 0 saturated carbocycles. The Bertz CT molecular complexity index is 289. The fourth-order valence-corrected chi connectivity index (χ4v) is 2.64. The normalized spacial score (nSPS) is 22.4. The molecule has 0 radical (unpaired) electrons. The largest absolute Gasteiger partial charge is 0.374 e. The van der Waals surface area contributed by atoms with E-state index in [1.807, 2.05) is 0 Å². The van der Waals surface area contributed by atoms with Crippen LogP contribution in [-0.4, -0.2) is 43.8 Å². The summed E-state index contributed by atoms with van der Waals surface area (Å²) in [5.74, 6) is 0. The van der Waals surface area contributed by atoms with E-state index in [0.717, 1.165) is 39.3 Å². The SMILES string of the molecule is CCN1CCOC(CNCc2cccs2)C1. The highest BCUT2D eigenvalue weighted by molar-refractivity contribution is 7.09. The first-order valence-electron chi connectivity index (χ1n) is 5.95. The van der Waals surface area contributed by atoms with Crippen molar-refractivity contribution in [1.29, 1.82) is 0 Å². The van der Waals surface area contributed by atoms with Gasteiger partial charge in [0.05, 0.1) is 12.7 Å². The van der Waals surface area contributed by atoms with Gasteiger partial charge in [-0.25, -0.2) is 0 Å². The second-order valence-electron chi connectivity index (χ2n) is 4.10. The van der Waals surface area contributed by atoms with E-state index in [2.05, 4.69) is 34.7 Å². The minimum absolute atomic E-state index is 0.355. The van der Waals surface area contributed by atoms with E-state index in [1.165, 1.54) is 4.88 Å². The van der Waals surface area contributed by atoms with Gasteiger partial charge in [0.25, 0.3) is 0 Å². The molecule has 1 saturated heterocycles. The maximum absolute atomic E-state index is 5.73. The first-order chi connectivity index (χ1) is 7.88. The predicted octanol–water partition coefficient (Wildman–Crippen LogP) is 1.56. The second kappa shape index (κ2) is 6.35. The second-order valence-corrected chi connectivity index (χ2v) is 5.13. The van der Waals surface area contributed by atoms with Crippen molar-refractivity contribution in [3.05, 3.63) is 22.4 Å². The van der Waals surface area contributed by atoms with Gasteiger partial charge in [0.1, 0.15) is 0 Å². The molecule has 1 aliphatic rings. The van der Waals surface area contributed by atoms with Crippen LogP contribution >= 0.6 is 11.3 Å². The molecule has 2 rings (SSSR count). The number of morpholine rings is 1. The molecule has 0 aliphatic carbocycles. The van der Waals surface area contributed by atoms with Crippen molar-refractivity contribution in [3.8, 4) is 0 Å². The fraction of sp³-hybridized carbons (Fsp3) is 0.667. The quantitative estimate of drug-likeness (QED) is 0.845. The van der Waals surface area contributed by atoms with E-state index < -0.39 is 0 Å². The third-order valence-electron chi connectivity index (χ3n) is 2.92. The van der Waals surface area contributed by atoms with Crippen LogP contribution in [0.5, 0.6) is 0 Å². The van der Waals surface area contributed by atoms with Crippen LogP contribution < -0.4 is 5.32 Å². The predicted molar refractivity (Wildman–Crippen MR) is 67.9 cm³/mol. The molecular formula is C12H20N2OS. The molecule has 1 aliphatic heterocycles. The molecule has 0 aromatic carbocycles. The van der Waals surface area contributed by atoms with Crippen molar-refractivity contribution >= 4 is 11.3 Å². The van der Waals surface area contributed by atoms with Gasteiger partial charge in [-0.2, -0.15) is 0 Å². The molecule has 0 spiro atoms. The van der Waals surface area contributed by atoms with Gasteiger partial charge >= 0.3 is 0 Å². The van der Waals surface area contributed by atoms with Crippen LogP contribution in [0.25, 0.3) is 0 Å². The summed E-state index contributed by atoms with van der Waals surface area (Å²) >= 11 is 1.80. The zero-order valence-corrected chi connectivity index (χ0v) is 10.6. The zero-order valence-electron chi connectivity index (χ0n) is 9.82. The number of rotatable bonds is 5. The van der Waals surface area contributed by atoms with Gasteiger partial charge < -0.3 is 10.1 Å². The summed E-state index contributed by atoms with van der Waals surface area (Å²) in [4.78, 5) is 3.84. The molecule has 90 valence electrons. The number of likely N-dealkylation sites (N-methyl/N-ethyl adjacent to an activating group) is 1. The Kier molecular flexibility index (Phi) is 4.78. The van der Waals surface area contributed by atoms with E-state index in [0.29, 0.717) is 6.10 Å².